The molecule has 0 aliphatic rings. The molecule has 1 aromatic carbocycles. The van der Waals surface area contributed by atoms with Gasteiger partial charge in [0.15, 0.2) is 0 Å². The first-order valence-electron chi connectivity index (χ1n) is 3.30. The van der Waals surface area contributed by atoms with Crippen molar-refractivity contribution >= 4 is 0 Å². The Hall–Kier alpha value is -1.90. The highest BCUT2D eigenvalue weighted by molar-refractivity contribution is 5.41. The molecule has 0 radical (unpaired) electrons. The summed E-state index contributed by atoms with van der Waals surface area (Å²) in [6, 6.07) is 7.01. The van der Waals surface area contributed by atoms with Crippen molar-refractivity contribution < 1.29 is 4.84 Å². The Morgan fingerprint density at radius 2 is 1.92 bits per heavy atom. The fraction of sp³-hybridized carbons (Fsp3) is 0. The predicted molar refractivity (Wildman–Crippen MR) is 47.0 cm³/mol. The van der Waals surface area contributed by atoms with Crippen molar-refractivity contribution in [3.05, 3.63) is 29.8 Å². The fourth-order valence-electron chi connectivity index (χ4n) is 0.725. The van der Waals surface area contributed by atoms with Gasteiger partial charge in [0.2, 0.25) is 0 Å². The Morgan fingerprint density at radius 1 is 1.25 bits per heavy atom. The van der Waals surface area contributed by atoms with Crippen molar-refractivity contribution in [3.63, 3.8) is 0 Å². The normalized spacial score (nSPS) is 7.67. The van der Waals surface area contributed by atoms with Crippen LogP contribution in [0.25, 0.3) is 0 Å². The van der Waals surface area contributed by atoms with E-state index in [1.165, 1.54) is 0 Å². The van der Waals surface area contributed by atoms with Crippen LogP contribution in [0, 0.1) is 24.2 Å². The van der Waals surface area contributed by atoms with Crippen molar-refractivity contribution in [3.8, 4) is 29.9 Å². The zero-order valence-corrected chi connectivity index (χ0v) is 6.37. The first-order chi connectivity index (χ1) is 5.86. The van der Waals surface area contributed by atoms with Crippen LogP contribution in [0.3, 0.4) is 0 Å². The molecule has 0 fully saturated rings. The predicted octanol–water partition coefficient (Wildman–Crippen LogP) is 0.924. The molecule has 0 saturated carbocycles. The molecule has 1 aromatic rings. The lowest BCUT2D eigenvalue weighted by Crippen LogP contribution is -2.01. The molecular weight excluding hydrogens is 150 g/mol. The smallest absolute Gasteiger partial charge is 0.146 e. The Labute approximate surface area is 71.3 Å². The van der Waals surface area contributed by atoms with Crippen LogP contribution >= 0.6 is 0 Å². The molecular formula is C10H7NO. The van der Waals surface area contributed by atoms with Gasteiger partial charge < -0.3 is 4.84 Å². The molecule has 0 aliphatic carbocycles. The van der Waals surface area contributed by atoms with Crippen molar-refractivity contribution in [2.24, 2.45) is 5.90 Å². The van der Waals surface area contributed by atoms with Gasteiger partial charge in [0.25, 0.3) is 0 Å². The molecule has 0 spiro atoms. The van der Waals surface area contributed by atoms with Gasteiger partial charge in [-0.1, -0.05) is 5.92 Å². The molecule has 58 valence electrons. The molecule has 2 nitrogen and oxygen atoms in total. The summed E-state index contributed by atoms with van der Waals surface area (Å²) in [6.45, 7) is 0. The first kappa shape index (κ1) is 8.20. The molecule has 0 aliphatic heterocycles. The van der Waals surface area contributed by atoms with Crippen LogP contribution in [0.4, 0.5) is 0 Å². The van der Waals surface area contributed by atoms with Crippen LogP contribution in [0.2, 0.25) is 0 Å². The van der Waals surface area contributed by atoms with Gasteiger partial charge in [-0.3, -0.25) is 0 Å². The van der Waals surface area contributed by atoms with E-state index in [0.29, 0.717) is 5.75 Å². The second-order valence-electron chi connectivity index (χ2n) is 2.04. The van der Waals surface area contributed by atoms with Gasteiger partial charge in [-0.15, -0.1) is 6.42 Å². The molecule has 12 heavy (non-hydrogen) atoms. The van der Waals surface area contributed by atoms with E-state index >= 15 is 0 Å². The van der Waals surface area contributed by atoms with Gasteiger partial charge in [-0.2, -0.15) is 5.90 Å². The highest BCUT2D eigenvalue weighted by atomic mass is 16.6. The van der Waals surface area contributed by atoms with Crippen LogP contribution in [-0.2, 0) is 0 Å². The third kappa shape index (κ3) is 2.05. The summed E-state index contributed by atoms with van der Waals surface area (Å²) in [5.41, 5.74) is 0.841. The van der Waals surface area contributed by atoms with Crippen molar-refractivity contribution in [2.45, 2.75) is 0 Å². The van der Waals surface area contributed by atoms with Crippen LogP contribution in [0.1, 0.15) is 5.56 Å². The molecule has 1 rings (SSSR count). The molecule has 0 unspecified atom stereocenters. The lowest BCUT2D eigenvalue weighted by molar-refractivity contribution is 0.334. The van der Waals surface area contributed by atoms with E-state index in [9.17, 15) is 0 Å². The Balaban J connectivity index is 2.87. The minimum Gasteiger partial charge on any atom is -0.412 e. The third-order valence-electron chi connectivity index (χ3n) is 1.27. The third-order valence-corrected chi connectivity index (χ3v) is 1.27. The van der Waals surface area contributed by atoms with E-state index in [4.69, 9.17) is 12.3 Å². The van der Waals surface area contributed by atoms with Crippen molar-refractivity contribution in [1.82, 2.24) is 0 Å². The van der Waals surface area contributed by atoms with Gasteiger partial charge in [-0.25, -0.2) is 0 Å². The Kier molecular flexibility index (Phi) is 2.79. The van der Waals surface area contributed by atoms with E-state index in [1.807, 2.05) is 0 Å². The zero-order valence-electron chi connectivity index (χ0n) is 6.37. The molecule has 0 saturated heterocycles. The van der Waals surface area contributed by atoms with E-state index in [-0.39, 0.29) is 0 Å². The zero-order chi connectivity index (χ0) is 8.81. The largest absolute Gasteiger partial charge is 0.412 e. The molecule has 0 heterocycles. The SMILES string of the molecule is C#CC#Cc1ccc(ON)cc1. The standard InChI is InChI=1S/C10H7NO/c1-2-3-4-9-5-7-10(12-11)8-6-9/h1,5-8H,11H2. The lowest BCUT2D eigenvalue weighted by atomic mass is 10.2. The van der Waals surface area contributed by atoms with Gasteiger partial charge in [0.05, 0.1) is 0 Å². The summed E-state index contributed by atoms with van der Waals surface area (Å²) in [7, 11) is 0. The van der Waals surface area contributed by atoms with Crippen LogP contribution in [0.15, 0.2) is 24.3 Å². The maximum absolute atomic E-state index is 4.96. The minimum absolute atomic E-state index is 0.598. The van der Waals surface area contributed by atoms with Crippen LogP contribution < -0.4 is 10.7 Å². The Morgan fingerprint density at radius 3 is 2.42 bits per heavy atom. The molecule has 0 amide bonds. The molecule has 2 N–H and O–H groups in total. The molecule has 2 heteroatoms. The highest BCUT2D eigenvalue weighted by Crippen LogP contribution is 2.09. The Bertz CT molecular complexity index is 348. The topological polar surface area (TPSA) is 35.2 Å². The van der Waals surface area contributed by atoms with E-state index < -0.39 is 0 Å². The summed E-state index contributed by atoms with van der Waals surface area (Å²) in [5, 5.41) is 0. The van der Waals surface area contributed by atoms with Crippen LogP contribution in [-0.4, -0.2) is 0 Å². The van der Waals surface area contributed by atoms with Crippen LogP contribution in [0.5, 0.6) is 5.75 Å². The fourth-order valence-corrected chi connectivity index (χ4v) is 0.725. The second kappa shape index (κ2) is 4.08. The average molecular weight is 157 g/mol. The van der Waals surface area contributed by atoms with E-state index in [2.05, 4.69) is 22.6 Å². The number of nitrogens with two attached hydrogens (primary N) is 1. The number of terminal acetylenes is 1. The number of hydrogen-bond donors (Lipinski definition) is 1. The van der Waals surface area contributed by atoms with Crippen molar-refractivity contribution in [1.29, 1.82) is 0 Å². The average Bonchev–Trinajstić information content (AvgIpc) is 2.15. The summed E-state index contributed by atoms with van der Waals surface area (Å²) in [4.78, 5) is 4.49. The minimum atomic E-state index is 0.598. The summed E-state index contributed by atoms with van der Waals surface area (Å²) in [6.07, 6.45) is 4.96. The summed E-state index contributed by atoms with van der Waals surface area (Å²) < 4.78 is 0. The number of benzene rings is 1. The summed E-state index contributed by atoms with van der Waals surface area (Å²) >= 11 is 0. The van der Waals surface area contributed by atoms with Gasteiger partial charge in [0.1, 0.15) is 5.75 Å². The number of rotatable bonds is 1. The first-order valence-corrected chi connectivity index (χ1v) is 3.30. The summed E-state index contributed by atoms with van der Waals surface area (Å²) in [5.74, 6) is 13.0. The maximum atomic E-state index is 4.96. The second-order valence-corrected chi connectivity index (χ2v) is 2.04. The van der Waals surface area contributed by atoms with Gasteiger partial charge in [-0.05, 0) is 36.1 Å². The van der Waals surface area contributed by atoms with Gasteiger partial charge >= 0.3 is 0 Å². The quantitative estimate of drug-likeness (QED) is 0.486. The highest BCUT2D eigenvalue weighted by Gasteiger charge is 1.89. The van der Waals surface area contributed by atoms with E-state index in [1.54, 1.807) is 24.3 Å². The van der Waals surface area contributed by atoms with Gasteiger partial charge in [0, 0.05) is 5.56 Å². The van der Waals surface area contributed by atoms with Crippen molar-refractivity contribution in [2.75, 3.05) is 0 Å². The molecule has 0 aromatic heterocycles. The monoisotopic (exact) mass is 157 g/mol. The molecule has 0 atom stereocenters. The maximum Gasteiger partial charge on any atom is 0.146 e. The van der Waals surface area contributed by atoms with E-state index in [0.717, 1.165) is 5.56 Å². The lowest BCUT2D eigenvalue weighted by Gasteiger charge is -1.95. The number of hydrogen-bond acceptors (Lipinski definition) is 2. The molecule has 0 bridgehead atoms.